The zero-order valence-electron chi connectivity index (χ0n) is 8.79. The Morgan fingerprint density at radius 2 is 2.21 bits per heavy atom. The molecule has 2 rings (SSSR count). The van der Waals surface area contributed by atoms with Crippen molar-refractivity contribution in [2.24, 2.45) is 0 Å². The number of nitrogens with zero attached hydrogens (tertiary/aromatic N) is 1. The molecule has 1 aromatic carbocycles. The maximum absolute atomic E-state index is 5.16. The Morgan fingerprint density at radius 3 is 2.93 bits per heavy atom. The van der Waals surface area contributed by atoms with Crippen molar-refractivity contribution in [2.45, 2.75) is 32.6 Å². The number of fused-ring (bicyclic) bond motifs is 1. The van der Waals surface area contributed by atoms with Crippen LogP contribution in [0, 0.1) is 6.39 Å². The first-order valence-electron chi connectivity index (χ1n) is 4.91. The highest BCUT2D eigenvalue weighted by Gasteiger charge is 2.21. The van der Waals surface area contributed by atoms with Gasteiger partial charge in [-0.25, -0.2) is 4.98 Å². The second-order valence-corrected chi connectivity index (χ2v) is 4.19. The van der Waals surface area contributed by atoms with Crippen LogP contribution in [0.2, 0.25) is 0 Å². The number of para-hydroxylation sites is 1. The van der Waals surface area contributed by atoms with E-state index in [0.29, 0.717) is 0 Å². The van der Waals surface area contributed by atoms with Gasteiger partial charge in [0.1, 0.15) is 5.52 Å². The van der Waals surface area contributed by atoms with Crippen LogP contribution >= 0.6 is 0 Å². The molecule has 73 valence electrons. The van der Waals surface area contributed by atoms with Gasteiger partial charge in [0.2, 0.25) is 0 Å². The van der Waals surface area contributed by atoms with Crippen molar-refractivity contribution in [1.82, 2.24) is 4.98 Å². The summed E-state index contributed by atoms with van der Waals surface area (Å²) in [6.07, 6.45) is 3.63. The van der Waals surface area contributed by atoms with Gasteiger partial charge in [-0.15, -0.1) is 0 Å². The molecule has 0 atom stereocenters. The Bertz CT molecular complexity index is 442. The molecule has 0 aliphatic rings. The molecule has 1 aromatic heterocycles. The van der Waals surface area contributed by atoms with Crippen LogP contribution in [0.4, 0.5) is 0 Å². The number of hydrogen-bond acceptors (Lipinski definition) is 2. The van der Waals surface area contributed by atoms with Crippen LogP contribution in [-0.2, 0) is 5.41 Å². The molecule has 2 nitrogen and oxygen atoms in total. The molecule has 14 heavy (non-hydrogen) atoms. The van der Waals surface area contributed by atoms with E-state index in [1.807, 2.05) is 12.1 Å². The highest BCUT2D eigenvalue weighted by molar-refractivity contribution is 5.77. The van der Waals surface area contributed by atoms with Gasteiger partial charge in [-0.3, -0.25) is 0 Å². The first kappa shape index (κ1) is 9.25. The number of oxazole rings is 1. The van der Waals surface area contributed by atoms with Crippen molar-refractivity contribution in [3.05, 3.63) is 30.2 Å². The minimum atomic E-state index is 0.143. The first-order valence-corrected chi connectivity index (χ1v) is 4.91. The highest BCUT2D eigenvalue weighted by Crippen LogP contribution is 2.31. The zero-order chi connectivity index (χ0) is 10.2. The standard InChI is InChI=1S/C12H14NO/c1-4-12(2,3)9-6-5-7-10-11(9)13-8-14-10/h5-7H,4H2,1-3H3. The largest absolute Gasteiger partial charge is 0.432 e. The summed E-state index contributed by atoms with van der Waals surface area (Å²) in [6, 6.07) is 6.05. The van der Waals surface area contributed by atoms with E-state index in [4.69, 9.17) is 4.42 Å². The molecule has 0 N–H and O–H groups in total. The summed E-state index contributed by atoms with van der Waals surface area (Å²) in [7, 11) is 0. The molecular formula is C12H14NO. The minimum Gasteiger partial charge on any atom is -0.432 e. The second-order valence-electron chi connectivity index (χ2n) is 4.19. The van der Waals surface area contributed by atoms with E-state index in [1.54, 1.807) is 0 Å². The average molecular weight is 188 g/mol. The Kier molecular flexibility index (Phi) is 2.06. The lowest BCUT2D eigenvalue weighted by Gasteiger charge is -2.23. The minimum absolute atomic E-state index is 0.143. The van der Waals surface area contributed by atoms with Gasteiger partial charge in [-0.1, -0.05) is 32.9 Å². The van der Waals surface area contributed by atoms with E-state index in [2.05, 4.69) is 38.2 Å². The lowest BCUT2D eigenvalue weighted by molar-refractivity contribution is 0.509. The van der Waals surface area contributed by atoms with Crippen molar-refractivity contribution < 1.29 is 4.42 Å². The molecule has 1 heterocycles. The third kappa shape index (κ3) is 1.31. The lowest BCUT2D eigenvalue weighted by atomic mass is 9.81. The molecule has 2 heteroatoms. The van der Waals surface area contributed by atoms with Crippen LogP contribution in [0.15, 0.2) is 22.6 Å². The van der Waals surface area contributed by atoms with Crippen molar-refractivity contribution in [1.29, 1.82) is 0 Å². The van der Waals surface area contributed by atoms with Crippen LogP contribution in [0.3, 0.4) is 0 Å². The average Bonchev–Trinajstić information content (AvgIpc) is 2.64. The first-order chi connectivity index (χ1) is 6.65. The molecule has 0 saturated carbocycles. The number of aromatic nitrogens is 1. The smallest absolute Gasteiger partial charge is 0.284 e. The zero-order valence-corrected chi connectivity index (χ0v) is 8.79. The fourth-order valence-corrected chi connectivity index (χ4v) is 1.57. The molecule has 0 aliphatic heterocycles. The van der Waals surface area contributed by atoms with E-state index >= 15 is 0 Å². The van der Waals surface area contributed by atoms with Gasteiger partial charge in [-0.2, -0.15) is 0 Å². The molecule has 0 saturated heterocycles. The van der Waals surface area contributed by atoms with Gasteiger partial charge >= 0.3 is 0 Å². The van der Waals surface area contributed by atoms with Gasteiger partial charge in [0.15, 0.2) is 5.58 Å². The molecular weight excluding hydrogens is 174 g/mol. The topological polar surface area (TPSA) is 26.0 Å². The Hall–Kier alpha value is -1.31. The van der Waals surface area contributed by atoms with Crippen molar-refractivity contribution >= 4 is 11.1 Å². The van der Waals surface area contributed by atoms with Crippen molar-refractivity contribution in [3.63, 3.8) is 0 Å². The van der Waals surface area contributed by atoms with Crippen molar-refractivity contribution in [2.75, 3.05) is 0 Å². The monoisotopic (exact) mass is 188 g/mol. The summed E-state index contributed by atoms with van der Waals surface area (Å²) < 4.78 is 5.16. The van der Waals surface area contributed by atoms with Crippen LogP contribution in [-0.4, -0.2) is 4.98 Å². The fourth-order valence-electron chi connectivity index (χ4n) is 1.57. The van der Waals surface area contributed by atoms with Crippen LogP contribution in [0.1, 0.15) is 32.8 Å². The predicted molar refractivity (Wildman–Crippen MR) is 56.2 cm³/mol. The third-order valence-electron chi connectivity index (χ3n) is 2.93. The number of benzene rings is 1. The van der Waals surface area contributed by atoms with Gasteiger partial charge in [0.25, 0.3) is 6.39 Å². The quantitative estimate of drug-likeness (QED) is 0.722. The summed E-state index contributed by atoms with van der Waals surface area (Å²) in [5.74, 6) is 0. The molecule has 0 amide bonds. The Labute approximate surface area is 84.0 Å². The number of rotatable bonds is 2. The highest BCUT2D eigenvalue weighted by atomic mass is 16.3. The summed E-state index contributed by atoms with van der Waals surface area (Å²) >= 11 is 0. The van der Waals surface area contributed by atoms with Gasteiger partial charge < -0.3 is 4.42 Å². The SMILES string of the molecule is CCC(C)(C)c1cccc2o[c]nc12. The third-order valence-corrected chi connectivity index (χ3v) is 2.93. The fraction of sp³-hybridized carbons (Fsp3) is 0.417. The molecule has 0 spiro atoms. The molecule has 0 bridgehead atoms. The van der Waals surface area contributed by atoms with Crippen molar-refractivity contribution in [3.8, 4) is 0 Å². The molecule has 0 fully saturated rings. The molecule has 2 aromatic rings. The van der Waals surface area contributed by atoms with Crippen LogP contribution in [0.5, 0.6) is 0 Å². The lowest BCUT2D eigenvalue weighted by Crippen LogP contribution is -2.15. The molecule has 1 radical (unpaired) electrons. The van der Waals surface area contributed by atoms with Crippen LogP contribution in [0.25, 0.3) is 11.1 Å². The summed E-state index contributed by atoms with van der Waals surface area (Å²) in [5.41, 5.74) is 3.15. The van der Waals surface area contributed by atoms with Gasteiger partial charge in [0, 0.05) is 0 Å². The second kappa shape index (κ2) is 3.12. The summed E-state index contributed by atoms with van der Waals surface area (Å²) in [4.78, 5) is 4.14. The predicted octanol–water partition coefficient (Wildman–Crippen LogP) is 3.32. The summed E-state index contributed by atoms with van der Waals surface area (Å²) in [5, 5.41) is 0. The molecule has 0 aliphatic carbocycles. The van der Waals surface area contributed by atoms with E-state index in [1.165, 1.54) is 5.56 Å². The van der Waals surface area contributed by atoms with E-state index in [0.717, 1.165) is 17.5 Å². The van der Waals surface area contributed by atoms with E-state index < -0.39 is 0 Å². The van der Waals surface area contributed by atoms with Crippen LogP contribution < -0.4 is 0 Å². The molecule has 0 unspecified atom stereocenters. The normalized spacial score (nSPS) is 12.2. The Morgan fingerprint density at radius 1 is 1.43 bits per heavy atom. The maximum atomic E-state index is 5.16. The summed E-state index contributed by atoms with van der Waals surface area (Å²) in [6.45, 7) is 6.62. The van der Waals surface area contributed by atoms with E-state index in [-0.39, 0.29) is 5.41 Å². The Balaban J connectivity index is 2.67. The van der Waals surface area contributed by atoms with Gasteiger partial charge in [-0.05, 0) is 23.5 Å². The van der Waals surface area contributed by atoms with E-state index in [9.17, 15) is 0 Å². The maximum Gasteiger partial charge on any atom is 0.284 e. The van der Waals surface area contributed by atoms with Gasteiger partial charge in [0.05, 0.1) is 0 Å². The number of hydrogen-bond donors (Lipinski definition) is 0.